The molecule has 0 saturated carbocycles. The molecule has 1 rings (SSSR count). The Bertz CT molecular complexity index is 249. The zero-order valence-corrected chi connectivity index (χ0v) is 5.87. The van der Waals surface area contributed by atoms with Crippen LogP contribution in [0.4, 0.5) is 0 Å². The van der Waals surface area contributed by atoms with Crippen molar-refractivity contribution in [1.82, 2.24) is 0 Å². The van der Waals surface area contributed by atoms with Gasteiger partial charge in [0.05, 0.1) is 0 Å². The van der Waals surface area contributed by atoms with Crippen LogP contribution in [0, 0.1) is 0 Å². The van der Waals surface area contributed by atoms with Gasteiger partial charge in [-0.15, -0.1) is 0 Å². The van der Waals surface area contributed by atoms with Crippen molar-refractivity contribution in [3.63, 3.8) is 0 Å². The van der Waals surface area contributed by atoms with Gasteiger partial charge in [-0.1, -0.05) is 0 Å². The average molecular weight is 154 g/mol. The minimum atomic E-state index is -0.455. The quantitative estimate of drug-likeness (QED) is 0.407. The summed E-state index contributed by atoms with van der Waals surface area (Å²) in [4.78, 5) is 20.7. The van der Waals surface area contributed by atoms with Gasteiger partial charge in [0, 0.05) is 13.0 Å². The topological polar surface area (TPSA) is 52.6 Å². The highest BCUT2D eigenvalue weighted by Gasteiger charge is 2.09. The number of ether oxygens (including phenoxy) is 2. The van der Waals surface area contributed by atoms with E-state index >= 15 is 0 Å². The Morgan fingerprint density at radius 3 is 2.82 bits per heavy atom. The third-order valence-electron chi connectivity index (χ3n) is 0.943. The average Bonchev–Trinajstić information content (AvgIpc) is 2.31. The highest BCUT2D eigenvalue weighted by atomic mass is 16.6. The molecule has 0 saturated heterocycles. The minimum absolute atomic E-state index is 0.241. The Labute approximate surface area is 63.1 Å². The number of esters is 2. The molecule has 1 aliphatic rings. The van der Waals surface area contributed by atoms with Crippen molar-refractivity contribution in [3.05, 3.63) is 24.2 Å². The minimum Gasteiger partial charge on any atom is -0.431 e. The molecule has 0 unspecified atom stereocenters. The van der Waals surface area contributed by atoms with Crippen LogP contribution in [0.25, 0.3) is 0 Å². The Kier molecular flexibility index (Phi) is 2.06. The van der Waals surface area contributed by atoms with Crippen LogP contribution in [0.1, 0.15) is 6.92 Å². The first-order valence-corrected chi connectivity index (χ1v) is 2.96. The Hall–Kier alpha value is -1.58. The van der Waals surface area contributed by atoms with Crippen molar-refractivity contribution in [1.29, 1.82) is 0 Å². The lowest BCUT2D eigenvalue weighted by atomic mass is 10.5. The maximum atomic E-state index is 10.4. The molecule has 0 aliphatic carbocycles. The number of hydrogen-bond donors (Lipinski definition) is 0. The highest BCUT2D eigenvalue weighted by molar-refractivity contribution is 5.86. The fraction of sp³-hybridized carbons (Fsp3) is 0.143. The van der Waals surface area contributed by atoms with Gasteiger partial charge in [0.2, 0.25) is 0 Å². The SMILES string of the molecule is CC(=O)OC=C1C=CC(=O)O1. The second-order valence-corrected chi connectivity index (χ2v) is 1.88. The van der Waals surface area contributed by atoms with Gasteiger partial charge in [0.1, 0.15) is 6.26 Å². The standard InChI is InChI=1S/C7H6O4/c1-5(8)10-4-6-2-3-7(9)11-6/h2-4H,1H3. The molecular weight excluding hydrogens is 148 g/mol. The molecule has 0 aromatic heterocycles. The number of rotatable bonds is 1. The lowest BCUT2D eigenvalue weighted by molar-refractivity contribution is -0.137. The van der Waals surface area contributed by atoms with Crippen molar-refractivity contribution >= 4 is 11.9 Å². The zero-order chi connectivity index (χ0) is 8.27. The zero-order valence-electron chi connectivity index (χ0n) is 5.87. The van der Waals surface area contributed by atoms with Crippen LogP contribution in [-0.4, -0.2) is 11.9 Å². The number of carbonyl (C=O) groups excluding carboxylic acids is 2. The first-order chi connectivity index (χ1) is 5.18. The summed E-state index contributed by atoms with van der Waals surface area (Å²) >= 11 is 0. The van der Waals surface area contributed by atoms with E-state index in [0.29, 0.717) is 0 Å². The van der Waals surface area contributed by atoms with Crippen LogP contribution in [0.5, 0.6) is 0 Å². The van der Waals surface area contributed by atoms with E-state index in [-0.39, 0.29) is 5.76 Å². The largest absolute Gasteiger partial charge is 0.431 e. The fourth-order valence-corrected chi connectivity index (χ4v) is 0.539. The van der Waals surface area contributed by atoms with Crippen molar-refractivity contribution in [2.45, 2.75) is 6.92 Å². The second-order valence-electron chi connectivity index (χ2n) is 1.88. The van der Waals surface area contributed by atoms with Crippen molar-refractivity contribution in [3.8, 4) is 0 Å². The number of hydrogen-bond acceptors (Lipinski definition) is 4. The molecule has 58 valence electrons. The van der Waals surface area contributed by atoms with E-state index in [1.807, 2.05) is 0 Å². The second kappa shape index (κ2) is 3.01. The number of cyclic esters (lactones) is 1. The van der Waals surface area contributed by atoms with Crippen LogP contribution < -0.4 is 0 Å². The molecule has 1 aliphatic heterocycles. The van der Waals surface area contributed by atoms with E-state index in [4.69, 9.17) is 0 Å². The maximum Gasteiger partial charge on any atom is 0.336 e. The van der Waals surface area contributed by atoms with Crippen molar-refractivity contribution < 1.29 is 19.1 Å². The van der Waals surface area contributed by atoms with E-state index in [1.54, 1.807) is 0 Å². The molecule has 0 atom stereocenters. The lowest BCUT2D eigenvalue weighted by Crippen LogP contribution is -1.94. The molecule has 0 bridgehead atoms. The Morgan fingerprint density at radius 1 is 1.64 bits per heavy atom. The molecule has 0 amide bonds. The summed E-state index contributed by atoms with van der Waals surface area (Å²) in [7, 11) is 0. The first-order valence-electron chi connectivity index (χ1n) is 2.96. The van der Waals surface area contributed by atoms with E-state index in [1.165, 1.54) is 19.1 Å². The van der Waals surface area contributed by atoms with Gasteiger partial charge in [0.25, 0.3) is 0 Å². The molecule has 0 aromatic carbocycles. The van der Waals surface area contributed by atoms with E-state index in [9.17, 15) is 9.59 Å². The Balaban J connectivity index is 2.50. The molecule has 0 spiro atoms. The summed E-state index contributed by atoms with van der Waals surface area (Å²) in [5, 5.41) is 0. The monoisotopic (exact) mass is 154 g/mol. The summed E-state index contributed by atoms with van der Waals surface area (Å²) in [6, 6.07) is 0. The molecule has 0 aromatic rings. The Morgan fingerprint density at radius 2 is 2.36 bits per heavy atom. The molecular formula is C7H6O4. The van der Waals surface area contributed by atoms with Crippen LogP contribution in [0.2, 0.25) is 0 Å². The molecule has 4 heteroatoms. The van der Waals surface area contributed by atoms with E-state index in [0.717, 1.165) is 6.26 Å². The fourth-order valence-electron chi connectivity index (χ4n) is 0.539. The third kappa shape index (κ3) is 2.25. The van der Waals surface area contributed by atoms with Gasteiger partial charge in [-0.3, -0.25) is 4.79 Å². The number of allylic oxidation sites excluding steroid dienone is 1. The normalized spacial score (nSPS) is 18.6. The molecule has 0 radical (unpaired) electrons. The van der Waals surface area contributed by atoms with Gasteiger partial charge in [-0.25, -0.2) is 4.79 Å². The van der Waals surface area contributed by atoms with E-state index < -0.39 is 11.9 Å². The summed E-state index contributed by atoms with van der Waals surface area (Å²) in [5.74, 6) is -0.664. The van der Waals surface area contributed by atoms with E-state index in [2.05, 4.69) is 9.47 Å². The van der Waals surface area contributed by atoms with Gasteiger partial charge in [-0.05, 0) is 6.08 Å². The first kappa shape index (κ1) is 7.53. The number of carbonyl (C=O) groups is 2. The summed E-state index contributed by atoms with van der Waals surface area (Å²) in [5.41, 5.74) is 0. The predicted molar refractivity (Wildman–Crippen MR) is 35.1 cm³/mol. The summed E-state index contributed by atoms with van der Waals surface area (Å²) in [6.07, 6.45) is 3.75. The predicted octanol–water partition coefficient (Wildman–Crippen LogP) is 0.504. The van der Waals surface area contributed by atoms with Gasteiger partial charge in [0.15, 0.2) is 5.76 Å². The molecule has 0 N–H and O–H groups in total. The highest BCUT2D eigenvalue weighted by Crippen LogP contribution is 2.08. The molecule has 11 heavy (non-hydrogen) atoms. The maximum absolute atomic E-state index is 10.4. The van der Waals surface area contributed by atoms with Gasteiger partial charge >= 0.3 is 11.9 Å². The summed E-state index contributed by atoms with van der Waals surface area (Å²) in [6.45, 7) is 1.26. The third-order valence-corrected chi connectivity index (χ3v) is 0.943. The molecule has 4 nitrogen and oxygen atoms in total. The van der Waals surface area contributed by atoms with Crippen LogP contribution in [-0.2, 0) is 19.1 Å². The van der Waals surface area contributed by atoms with Crippen LogP contribution in [0.3, 0.4) is 0 Å². The smallest absolute Gasteiger partial charge is 0.336 e. The van der Waals surface area contributed by atoms with Crippen molar-refractivity contribution in [2.75, 3.05) is 0 Å². The molecule has 0 fully saturated rings. The van der Waals surface area contributed by atoms with Crippen LogP contribution >= 0.6 is 0 Å². The lowest BCUT2D eigenvalue weighted by Gasteiger charge is -1.94. The van der Waals surface area contributed by atoms with Crippen LogP contribution in [0.15, 0.2) is 24.2 Å². The van der Waals surface area contributed by atoms with Gasteiger partial charge in [-0.2, -0.15) is 0 Å². The van der Waals surface area contributed by atoms with Gasteiger partial charge < -0.3 is 9.47 Å². The molecule has 1 heterocycles. The van der Waals surface area contributed by atoms with Crippen molar-refractivity contribution in [2.24, 2.45) is 0 Å². The summed E-state index contributed by atoms with van der Waals surface area (Å²) < 4.78 is 8.99.